The minimum Gasteiger partial charge on any atom is -0.466 e. The first-order valence-corrected chi connectivity index (χ1v) is 6.33. The third-order valence-corrected chi connectivity index (χ3v) is 3.41. The number of benzene rings is 1. The average molecular weight is 318 g/mol. The minimum atomic E-state index is -0.102. The van der Waals surface area contributed by atoms with Crippen LogP contribution in [-0.4, -0.2) is 12.6 Å². The van der Waals surface area contributed by atoms with E-state index in [-0.39, 0.29) is 5.97 Å². The van der Waals surface area contributed by atoms with Gasteiger partial charge in [-0.25, -0.2) is 0 Å². The van der Waals surface area contributed by atoms with E-state index in [1.54, 1.807) is 0 Å². The van der Waals surface area contributed by atoms with E-state index < -0.39 is 0 Å². The van der Waals surface area contributed by atoms with Gasteiger partial charge in [-0.15, -0.1) is 0 Å². The first-order chi connectivity index (χ1) is 7.24. The molecule has 1 atom stereocenters. The minimum absolute atomic E-state index is 0.102. The van der Waals surface area contributed by atoms with Crippen LogP contribution in [0.1, 0.15) is 29.3 Å². The summed E-state index contributed by atoms with van der Waals surface area (Å²) < 4.78 is 5.27. The van der Waals surface area contributed by atoms with Gasteiger partial charge in [-0.1, -0.05) is 52.9 Å². The van der Waals surface area contributed by atoms with E-state index in [0.29, 0.717) is 17.0 Å². The predicted molar refractivity (Wildman–Crippen MR) is 69.1 cm³/mol. The Bertz CT molecular complexity index is 298. The number of hydrogen-bond acceptors (Lipinski definition) is 2. The number of ether oxygens (including phenoxy) is 1. The Hall–Kier alpha value is -0.580. The molecule has 0 saturated carbocycles. The summed E-state index contributed by atoms with van der Waals surface area (Å²) in [6.07, 6.45) is 1.33. The van der Waals surface area contributed by atoms with Crippen LogP contribution in [0.15, 0.2) is 30.3 Å². The molecular formula is C12H15IO2. The second kappa shape index (κ2) is 6.82. The second-order valence-electron chi connectivity index (χ2n) is 3.22. The van der Waals surface area contributed by atoms with Crippen molar-refractivity contribution in [3.05, 3.63) is 35.9 Å². The fraction of sp³-hybridized carbons (Fsp3) is 0.417. The highest BCUT2D eigenvalue weighted by molar-refractivity contribution is 14.1. The van der Waals surface area contributed by atoms with Crippen LogP contribution in [0.5, 0.6) is 0 Å². The largest absolute Gasteiger partial charge is 0.466 e. The lowest BCUT2D eigenvalue weighted by atomic mass is 10.1. The zero-order chi connectivity index (χ0) is 11.1. The molecule has 0 aliphatic carbocycles. The predicted octanol–water partition coefficient (Wildman–Crippen LogP) is 3.51. The maximum absolute atomic E-state index is 11.2. The third-order valence-electron chi connectivity index (χ3n) is 2.07. The van der Waals surface area contributed by atoms with Gasteiger partial charge in [0.25, 0.3) is 0 Å². The number of rotatable bonds is 5. The van der Waals surface area contributed by atoms with Crippen molar-refractivity contribution >= 4 is 28.6 Å². The first-order valence-electron chi connectivity index (χ1n) is 5.08. The molecule has 3 heteroatoms. The number of carbonyl (C=O) groups excluding carboxylic acids is 1. The molecule has 0 heterocycles. The zero-order valence-corrected chi connectivity index (χ0v) is 10.9. The summed E-state index contributed by atoms with van der Waals surface area (Å²) in [5.74, 6) is -0.102. The van der Waals surface area contributed by atoms with Crippen molar-refractivity contribution in [2.24, 2.45) is 0 Å². The van der Waals surface area contributed by atoms with E-state index >= 15 is 0 Å². The van der Waals surface area contributed by atoms with Crippen LogP contribution in [0, 0.1) is 0 Å². The average Bonchev–Trinajstić information content (AvgIpc) is 2.27. The van der Waals surface area contributed by atoms with Crippen molar-refractivity contribution in [1.82, 2.24) is 0 Å². The summed E-state index contributed by atoms with van der Waals surface area (Å²) in [6.45, 7) is 2.30. The third kappa shape index (κ3) is 4.64. The van der Waals surface area contributed by atoms with Crippen molar-refractivity contribution in [2.75, 3.05) is 6.61 Å². The SMILES string of the molecule is CCOC(=O)CCC(I)c1ccccc1. The molecule has 0 fully saturated rings. The van der Waals surface area contributed by atoms with Crippen LogP contribution in [-0.2, 0) is 9.53 Å². The maximum Gasteiger partial charge on any atom is 0.305 e. The van der Waals surface area contributed by atoms with Crippen molar-refractivity contribution in [3.63, 3.8) is 0 Å². The van der Waals surface area contributed by atoms with Gasteiger partial charge in [0.15, 0.2) is 0 Å². The van der Waals surface area contributed by atoms with Gasteiger partial charge in [-0.05, 0) is 18.9 Å². The number of halogens is 1. The fourth-order valence-electron chi connectivity index (χ4n) is 1.31. The normalized spacial score (nSPS) is 12.1. The number of alkyl halides is 1. The molecule has 0 spiro atoms. The Labute approximate surface area is 104 Å². The molecule has 1 aromatic rings. The maximum atomic E-state index is 11.2. The van der Waals surface area contributed by atoms with E-state index in [9.17, 15) is 4.79 Å². The molecule has 15 heavy (non-hydrogen) atoms. The van der Waals surface area contributed by atoms with Crippen LogP contribution in [0.3, 0.4) is 0 Å². The molecule has 0 amide bonds. The molecule has 0 radical (unpaired) electrons. The van der Waals surface area contributed by atoms with E-state index in [2.05, 4.69) is 34.7 Å². The molecule has 1 rings (SSSR count). The van der Waals surface area contributed by atoms with Crippen LogP contribution >= 0.6 is 22.6 Å². The summed E-state index contributed by atoms with van der Waals surface area (Å²) in [5, 5.41) is 0. The van der Waals surface area contributed by atoms with Crippen LogP contribution in [0.2, 0.25) is 0 Å². The molecule has 82 valence electrons. The quantitative estimate of drug-likeness (QED) is 0.472. The van der Waals surface area contributed by atoms with Gasteiger partial charge in [-0.2, -0.15) is 0 Å². The first kappa shape index (κ1) is 12.5. The second-order valence-corrected chi connectivity index (χ2v) is 4.73. The Kier molecular flexibility index (Phi) is 5.68. The van der Waals surface area contributed by atoms with Crippen LogP contribution < -0.4 is 0 Å². The van der Waals surface area contributed by atoms with Gasteiger partial charge in [0.2, 0.25) is 0 Å². The molecule has 0 aromatic heterocycles. The summed E-state index contributed by atoms with van der Waals surface area (Å²) in [4.78, 5) is 11.2. The Balaban J connectivity index is 2.37. The van der Waals surface area contributed by atoms with Crippen molar-refractivity contribution < 1.29 is 9.53 Å². The monoisotopic (exact) mass is 318 g/mol. The van der Waals surface area contributed by atoms with Crippen molar-refractivity contribution in [2.45, 2.75) is 23.7 Å². The van der Waals surface area contributed by atoms with Gasteiger partial charge in [0.05, 0.1) is 6.61 Å². The molecule has 0 saturated heterocycles. The highest BCUT2D eigenvalue weighted by atomic mass is 127. The number of hydrogen-bond donors (Lipinski definition) is 0. The molecule has 1 unspecified atom stereocenters. The number of esters is 1. The van der Waals surface area contributed by atoms with Gasteiger partial charge in [-0.3, -0.25) is 4.79 Å². The molecular weight excluding hydrogens is 303 g/mol. The van der Waals surface area contributed by atoms with Gasteiger partial charge in [0, 0.05) is 10.3 Å². The lowest BCUT2D eigenvalue weighted by Crippen LogP contribution is -2.04. The Morgan fingerprint density at radius 2 is 2.07 bits per heavy atom. The van der Waals surface area contributed by atoms with Gasteiger partial charge < -0.3 is 4.74 Å². The Morgan fingerprint density at radius 3 is 2.67 bits per heavy atom. The van der Waals surface area contributed by atoms with E-state index in [4.69, 9.17) is 4.74 Å². The fourth-order valence-corrected chi connectivity index (χ4v) is 2.03. The smallest absolute Gasteiger partial charge is 0.305 e. The molecule has 1 aromatic carbocycles. The van der Waals surface area contributed by atoms with E-state index in [1.807, 2.05) is 25.1 Å². The van der Waals surface area contributed by atoms with Gasteiger partial charge in [0.1, 0.15) is 0 Å². The molecule has 2 nitrogen and oxygen atoms in total. The summed E-state index contributed by atoms with van der Waals surface area (Å²) in [5.41, 5.74) is 1.27. The molecule has 0 bridgehead atoms. The van der Waals surface area contributed by atoms with Crippen molar-refractivity contribution in [3.8, 4) is 0 Å². The van der Waals surface area contributed by atoms with Crippen LogP contribution in [0.25, 0.3) is 0 Å². The van der Waals surface area contributed by atoms with Crippen LogP contribution in [0.4, 0.5) is 0 Å². The summed E-state index contributed by atoms with van der Waals surface area (Å²) in [6, 6.07) is 10.2. The molecule has 0 N–H and O–H groups in total. The zero-order valence-electron chi connectivity index (χ0n) is 8.78. The lowest BCUT2D eigenvalue weighted by Gasteiger charge is -2.09. The molecule has 0 aliphatic rings. The number of carbonyl (C=O) groups is 1. The summed E-state index contributed by atoms with van der Waals surface area (Å²) >= 11 is 2.36. The van der Waals surface area contributed by atoms with Gasteiger partial charge >= 0.3 is 5.97 Å². The standard InChI is InChI=1S/C12H15IO2/c1-2-15-12(14)9-8-11(13)10-6-4-3-5-7-10/h3-7,11H,2,8-9H2,1H3. The summed E-state index contributed by atoms with van der Waals surface area (Å²) in [7, 11) is 0. The Morgan fingerprint density at radius 1 is 1.40 bits per heavy atom. The highest BCUT2D eigenvalue weighted by Crippen LogP contribution is 2.27. The lowest BCUT2D eigenvalue weighted by molar-refractivity contribution is -0.143. The molecule has 0 aliphatic heterocycles. The van der Waals surface area contributed by atoms with Crippen molar-refractivity contribution in [1.29, 1.82) is 0 Å². The van der Waals surface area contributed by atoms with E-state index in [1.165, 1.54) is 5.56 Å². The highest BCUT2D eigenvalue weighted by Gasteiger charge is 2.09. The topological polar surface area (TPSA) is 26.3 Å². The van der Waals surface area contributed by atoms with E-state index in [0.717, 1.165) is 6.42 Å².